The number of aryl methyl sites for hydroxylation is 1. The molecule has 0 atom stereocenters. The van der Waals surface area contributed by atoms with E-state index in [2.05, 4.69) is 19.2 Å². The standard InChI is InChI=1S/C26H24N2O2S/c1-17(2)19-12-14-21(15-13-19)28-25(29)23(27-20-9-7-8-18(3)16-20)24(26(28)30)31-22-10-5-4-6-11-22/h4-17,27H,1-3H3. The van der Waals surface area contributed by atoms with Crippen molar-refractivity contribution < 1.29 is 9.59 Å². The first-order chi connectivity index (χ1) is 14.9. The van der Waals surface area contributed by atoms with Gasteiger partial charge in [0.05, 0.1) is 5.69 Å². The Labute approximate surface area is 187 Å². The zero-order chi connectivity index (χ0) is 22.0. The minimum atomic E-state index is -0.345. The Morgan fingerprint density at radius 2 is 1.55 bits per heavy atom. The van der Waals surface area contributed by atoms with Gasteiger partial charge in [-0.3, -0.25) is 9.59 Å². The highest BCUT2D eigenvalue weighted by Gasteiger charge is 2.40. The van der Waals surface area contributed by atoms with E-state index in [9.17, 15) is 9.59 Å². The molecular weight excluding hydrogens is 404 g/mol. The Kier molecular flexibility index (Phi) is 5.96. The van der Waals surface area contributed by atoms with Gasteiger partial charge in [-0.25, -0.2) is 4.90 Å². The summed E-state index contributed by atoms with van der Waals surface area (Å²) >= 11 is 1.31. The Balaban J connectivity index is 1.72. The molecule has 3 aromatic carbocycles. The smallest absolute Gasteiger partial charge is 0.283 e. The van der Waals surface area contributed by atoms with Crippen LogP contribution in [0.2, 0.25) is 0 Å². The number of amides is 2. The lowest BCUT2D eigenvalue weighted by atomic mass is 10.0. The van der Waals surface area contributed by atoms with E-state index in [1.165, 1.54) is 16.7 Å². The van der Waals surface area contributed by atoms with Crippen LogP contribution in [-0.4, -0.2) is 11.8 Å². The molecule has 3 aromatic rings. The largest absolute Gasteiger partial charge is 0.350 e. The van der Waals surface area contributed by atoms with Crippen molar-refractivity contribution in [2.75, 3.05) is 10.2 Å². The van der Waals surface area contributed by atoms with Crippen LogP contribution >= 0.6 is 11.8 Å². The number of nitrogens with one attached hydrogen (secondary N) is 1. The number of anilines is 2. The Morgan fingerprint density at radius 1 is 0.839 bits per heavy atom. The van der Waals surface area contributed by atoms with Gasteiger partial charge in [-0.2, -0.15) is 0 Å². The van der Waals surface area contributed by atoms with Gasteiger partial charge in [0.25, 0.3) is 11.8 Å². The van der Waals surface area contributed by atoms with Crippen molar-refractivity contribution in [3.05, 3.63) is 101 Å². The van der Waals surface area contributed by atoms with E-state index in [1.807, 2.05) is 85.8 Å². The lowest BCUT2D eigenvalue weighted by molar-refractivity contribution is -0.120. The third-order valence-corrected chi connectivity index (χ3v) is 6.20. The highest BCUT2D eigenvalue weighted by atomic mass is 32.2. The maximum absolute atomic E-state index is 13.4. The summed E-state index contributed by atoms with van der Waals surface area (Å²) in [7, 11) is 0. The summed E-state index contributed by atoms with van der Waals surface area (Å²) in [5.41, 5.74) is 3.89. The first kappa shape index (κ1) is 20.9. The minimum absolute atomic E-state index is 0.303. The maximum atomic E-state index is 13.4. The molecule has 0 spiro atoms. The van der Waals surface area contributed by atoms with Crippen molar-refractivity contribution in [2.24, 2.45) is 0 Å². The minimum Gasteiger partial charge on any atom is -0.350 e. The SMILES string of the molecule is Cc1cccc(NC2=C(Sc3ccccc3)C(=O)N(c3ccc(C(C)C)cc3)C2=O)c1. The number of carbonyl (C=O) groups excluding carboxylic acids is 2. The predicted octanol–water partition coefficient (Wildman–Crippen LogP) is 6.11. The molecule has 1 heterocycles. The zero-order valence-electron chi connectivity index (χ0n) is 17.8. The van der Waals surface area contributed by atoms with Gasteiger partial charge in [-0.05, 0) is 60.4 Å². The molecule has 0 unspecified atom stereocenters. The summed E-state index contributed by atoms with van der Waals surface area (Å²) < 4.78 is 0. The van der Waals surface area contributed by atoms with E-state index in [4.69, 9.17) is 0 Å². The fourth-order valence-electron chi connectivity index (χ4n) is 3.43. The van der Waals surface area contributed by atoms with Crippen LogP contribution in [0.25, 0.3) is 0 Å². The molecule has 1 N–H and O–H groups in total. The van der Waals surface area contributed by atoms with Crippen LogP contribution in [0.1, 0.15) is 30.9 Å². The molecule has 0 aromatic heterocycles. The van der Waals surface area contributed by atoms with E-state index in [0.29, 0.717) is 22.2 Å². The Morgan fingerprint density at radius 3 is 2.19 bits per heavy atom. The summed E-state index contributed by atoms with van der Waals surface area (Å²) in [4.78, 5) is 29.3. The number of rotatable bonds is 6. The van der Waals surface area contributed by atoms with Crippen molar-refractivity contribution >= 4 is 35.0 Å². The van der Waals surface area contributed by atoms with Crippen LogP contribution in [-0.2, 0) is 9.59 Å². The summed E-state index contributed by atoms with van der Waals surface area (Å²) in [6.07, 6.45) is 0. The highest BCUT2D eigenvalue weighted by Crippen LogP contribution is 2.38. The highest BCUT2D eigenvalue weighted by molar-refractivity contribution is 8.04. The molecule has 1 aliphatic rings. The molecule has 0 saturated heterocycles. The van der Waals surface area contributed by atoms with Gasteiger partial charge in [-0.1, -0.05) is 68.1 Å². The van der Waals surface area contributed by atoms with E-state index in [-0.39, 0.29) is 11.8 Å². The van der Waals surface area contributed by atoms with Crippen molar-refractivity contribution in [2.45, 2.75) is 31.6 Å². The molecule has 0 aliphatic carbocycles. The van der Waals surface area contributed by atoms with Crippen LogP contribution in [0.15, 0.2) is 94.4 Å². The molecule has 5 heteroatoms. The average Bonchev–Trinajstić information content (AvgIpc) is 2.98. The van der Waals surface area contributed by atoms with Crippen molar-refractivity contribution in [1.82, 2.24) is 0 Å². The van der Waals surface area contributed by atoms with Crippen LogP contribution in [0, 0.1) is 6.92 Å². The predicted molar refractivity (Wildman–Crippen MR) is 127 cm³/mol. The zero-order valence-corrected chi connectivity index (χ0v) is 18.6. The van der Waals surface area contributed by atoms with Crippen molar-refractivity contribution in [3.63, 3.8) is 0 Å². The maximum Gasteiger partial charge on any atom is 0.283 e. The molecule has 1 aliphatic heterocycles. The lowest BCUT2D eigenvalue weighted by Crippen LogP contribution is -2.32. The second kappa shape index (κ2) is 8.82. The van der Waals surface area contributed by atoms with Gasteiger partial charge < -0.3 is 5.32 Å². The first-order valence-corrected chi connectivity index (χ1v) is 11.1. The molecule has 0 radical (unpaired) electrons. The Hall–Kier alpha value is -3.31. The fourth-order valence-corrected chi connectivity index (χ4v) is 4.38. The first-order valence-electron chi connectivity index (χ1n) is 10.2. The molecule has 0 fully saturated rings. The monoisotopic (exact) mass is 428 g/mol. The van der Waals surface area contributed by atoms with Crippen LogP contribution in [0.4, 0.5) is 11.4 Å². The summed E-state index contributed by atoms with van der Waals surface area (Å²) in [5.74, 6) is -0.284. The van der Waals surface area contributed by atoms with Crippen LogP contribution < -0.4 is 10.2 Å². The average molecular weight is 429 g/mol. The second-order valence-corrected chi connectivity index (χ2v) is 8.89. The quantitative estimate of drug-likeness (QED) is 0.482. The number of hydrogen-bond donors (Lipinski definition) is 1. The van der Waals surface area contributed by atoms with Gasteiger partial charge in [0.15, 0.2) is 0 Å². The van der Waals surface area contributed by atoms with Crippen LogP contribution in [0.3, 0.4) is 0 Å². The number of imide groups is 1. The second-order valence-electron chi connectivity index (χ2n) is 7.81. The molecular formula is C26H24N2O2S. The lowest BCUT2D eigenvalue weighted by Gasteiger charge is -2.16. The molecule has 156 valence electrons. The normalized spacial score (nSPS) is 14.0. The molecule has 31 heavy (non-hydrogen) atoms. The molecule has 0 bridgehead atoms. The Bertz CT molecular complexity index is 1150. The molecule has 2 amide bonds. The molecule has 0 saturated carbocycles. The summed E-state index contributed by atoms with van der Waals surface area (Å²) in [6.45, 7) is 6.21. The molecule has 4 nitrogen and oxygen atoms in total. The van der Waals surface area contributed by atoms with Gasteiger partial charge >= 0.3 is 0 Å². The van der Waals surface area contributed by atoms with Crippen molar-refractivity contribution in [1.29, 1.82) is 0 Å². The number of hydrogen-bond acceptors (Lipinski definition) is 4. The topological polar surface area (TPSA) is 49.4 Å². The van der Waals surface area contributed by atoms with Crippen molar-refractivity contribution in [3.8, 4) is 0 Å². The number of benzene rings is 3. The number of carbonyl (C=O) groups is 2. The molecule has 4 rings (SSSR count). The van der Waals surface area contributed by atoms with Gasteiger partial charge in [0.1, 0.15) is 10.6 Å². The summed E-state index contributed by atoms with van der Waals surface area (Å²) in [5, 5.41) is 3.21. The third-order valence-electron chi connectivity index (χ3n) is 5.11. The fraction of sp³-hybridized carbons (Fsp3) is 0.154. The van der Waals surface area contributed by atoms with Gasteiger partial charge in [0, 0.05) is 10.6 Å². The van der Waals surface area contributed by atoms with Gasteiger partial charge in [-0.15, -0.1) is 0 Å². The summed E-state index contributed by atoms with van der Waals surface area (Å²) in [6, 6.07) is 25.0. The number of nitrogens with zero attached hydrogens (tertiary/aromatic N) is 1. The van der Waals surface area contributed by atoms with Crippen LogP contribution in [0.5, 0.6) is 0 Å². The van der Waals surface area contributed by atoms with E-state index in [0.717, 1.165) is 21.7 Å². The van der Waals surface area contributed by atoms with Gasteiger partial charge in [0.2, 0.25) is 0 Å². The van der Waals surface area contributed by atoms with E-state index < -0.39 is 0 Å². The third kappa shape index (κ3) is 4.42. The number of thioether (sulfide) groups is 1. The van der Waals surface area contributed by atoms with E-state index in [1.54, 1.807) is 0 Å². The van der Waals surface area contributed by atoms with E-state index >= 15 is 0 Å².